The smallest absolute Gasteiger partial charge is 0.410 e. The van der Waals surface area contributed by atoms with Crippen LogP contribution in [0.25, 0.3) is 10.2 Å². The second-order valence-electron chi connectivity index (χ2n) is 7.55. The molecule has 1 aliphatic rings. The summed E-state index contributed by atoms with van der Waals surface area (Å²) < 4.78 is 19.5. The van der Waals surface area contributed by atoms with Crippen molar-refractivity contribution in [3.8, 4) is 0 Å². The van der Waals surface area contributed by atoms with Crippen LogP contribution in [0.2, 0.25) is 0 Å². The minimum absolute atomic E-state index is 0.0462. The molecule has 1 fully saturated rings. The molecule has 5 nitrogen and oxygen atoms in total. The van der Waals surface area contributed by atoms with E-state index < -0.39 is 17.7 Å². The van der Waals surface area contributed by atoms with Gasteiger partial charge in [-0.3, -0.25) is 9.69 Å². The zero-order chi connectivity index (χ0) is 18.9. The molecule has 1 saturated heterocycles. The fraction of sp³-hybridized carbons (Fsp3) is 0.526. The van der Waals surface area contributed by atoms with Crippen molar-refractivity contribution < 1.29 is 18.7 Å². The van der Waals surface area contributed by atoms with E-state index in [2.05, 4.69) is 4.98 Å². The Bertz CT molecular complexity index is 828. The predicted octanol–water partition coefficient (Wildman–Crippen LogP) is 4.34. The number of benzene rings is 1. The van der Waals surface area contributed by atoms with E-state index >= 15 is 0 Å². The zero-order valence-electron chi connectivity index (χ0n) is 15.3. The first-order valence-corrected chi connectivity index (χ1v) is 9.62. The molecule has 7 heteroatoms. The van der Waals surface area contributed by atoms with E-state index in [0.717, 1.165) is 17.5 Å². The van der Waals surface area contributed by atoms with Crippen LogP contribution in [-0.4, -0.2) is 39.9 Å². The number of carbonyl (C=O) groups excluding carboxylic acids is 2. The summed E-state index contributed by atoms with van der Waals surface area (Å²) in [5, 5.41) is 0.644. The topological polar surface area (TPSA) is 59.5 Å². The molecule has 0 spiro atoms. The van der Waals surface area contributed by atoms with E-state index in [4.69, 9.17) is 4.74 Å². The van der Waals surface area contributed by atoms with Crippen molar-refractivity contribution in [3.05, 3.63) is 29.0 Å². The van der Waals surface area contributed by atoms with E-state index in [1.807, 2.05) is 20.8 Å². The van der Waals surface area contributed by atoms with Crippen molar-refractivity contribution in [1.82, 2.24) is 9.88 Å². The Kier molecular flexibility index (Phi) is 5.27. The van der Waals surface area contributed by atoms with Gasteiger partial charge < -0.3 is 4.74 Å². The first-order valence-electron chi connectivity index (χ1n) is 8.80. The third-order valence-corrected chi connectivity index (χ3v) is 5.24. The van der Waals surface area contributed by atoms with Crippen LogP contribution in [0, 0.1) is 5.82 Å². The minimum Gasteiger partial charge on any atom is -0.444 e. The Morgan fingerprint density at radius 2 is 2.12 bits per heavy atom. The molecule has 1 atom stereocenters. The van der Waals surface area contributed by atoms with Gasteiger partial charge in [0.15, 0.2) is 5.78 Å². The normalized spacial score (nSPS) is 18.2. The SMILES string of the molecule is CC(C)(C)OC(=O)N1CCCC[C@H]1C(=O)Cc1nc2ccc(F)cc2s1. The zero-order valence-corrected chi connectivity index (χ0v) is 16.1. The number of hydrogen-bond donors (Lipinski definition) is 0. The highest BCUT2D eigenvalue weighted by Gasteiger charge is 2.34. The number of nitrogens with zero attached hydrogens (tertiary/aromatic N) is 2. The summed E-state index contributed by atoms with van der Waals surface area (Å²) in [4.78, 5) is 31.3. The third-order valence-electron chi connectivity index (χ3n) is 4.22. The molecule has 1 amide bonds. The summed E-state index contributed by atoms with van der Waals surface area (Å²) in [6, 6.07) is 3.92. The van der Waals surface area contributed by atoms with E-state index in [1.54, 1.807) is 11.0 Å². The molecule has 26 heavy (non-hydrogen) atoms. The molecular weight excluding hydrogens is 355 g/mol. The number of amides is 1. The molecule has 1 aliphatic heterocycles. The number of ketones is 1. The van der Waals surface area contributed by atoms with Gasteiger partial charge in [0.05, 0.1) is 22.7 Å². The largest absolute Gasteiger partial charge is 0.444 e. The summed E-state index contributed by atoms with van der Waals surface area (Å²) >= 11 is 1.32. The number of Topliss-reactive ketones (excluding diaryl/α,β-unsaturated/α-hetero) is 1. The lowest BCUT2D eigenvalue weighted by molar-refractivity contribution is -0.124. The summed E-state index contributed by atoms with van der Waals surface area (Å²) in [7, 11) is 0. The number of likely N-dealkylation sites (tertiary alicyclic amines) is 1. The molecule has 2 aromatic rings. The molecule has 0 radical (unpaired) electrons. The van der Waals surface area contributed by atoms with E-state index in [9.17, 15) is 14.0 Å². The molecule has 1 aromatic heterocycles. The van der Waals surface area contributed by atoms with E-state index in [1.165, 1.54) is 23.5 Å². The quantitative estimate of drug-likeness (QED) is 0.797. The fourth-order valence-corrected chi connectivity index (χ4v) is 4.10. The summed E-state index contributed by atoms with van der Waals surface area (Å²) in [6.07, 6.45) is 2.11. The van der Waals surface area contributed by atoms with Crippen LogP contribution < -0.4 is 0 Å². The van der Waals surface area contributed by atoms with Crippen molar-refractivity contribution in [2.45, 2.75) is 58.1 Å². The van der Waals surface area contributed by atoms with Crippen LogP contribution in [0.3, 0.4) is 0 Å². The number of aromatic nitrogens is 1. The third kappa shape index (κ3) is 4.38. The molecule has 0 unspecified atom stereocenters. The van der Waals surface area contributed by atoms with Gasteiger partial charge in [-0.1, -0.05) is 0 Å². The van der Waals surface area contributed by atoms with Crippen molar-refractivity contribution in [2.24, 2.45) is 0 Å². The van der Waals surface area contributed by atoms with Crippen molar-refractivity contribution in [3.63, 3.8) is 0 Å². The summed E-state index contributed by atoms with van der Waals surface area (Å²) in [5.74, 6) is -0.363. The number of thiazole rings is 1. The number of carbonyl (C=O) groups is 2. The molecule has 1 aromatic carbocycles. The van der Waals surface area contributed by atoms with Gasteiger partial charge in [-0.2, -0.15) is 0 Å². The van der Waals surface area contributed by atoms with Gasteiger partial charge in [0, 0.05) is 6.54 Å². The lowest BCUT2D eigenvalue weighted by atomic mass is 9.97. The van der Waals surface area contributed by atoms with Gasteiger partial charge in [0.25, 0.3) is 0 Å². The van der Waals surface area contributed by atoms with Crippen LogP contribution in [0.5, 0.6) is 0 Å². The summed E-state index contributed by atoms with van der Waals surface area (Å²) in [6.45, 7) is 5.96. The molecule has 2 heterocycles. The average molecular weight is 378 g/mol. The Balaban J connectivity index is 1.74. The highest BCUT2D eigenvalue weighted by Crippen LogP contribution is 2.26. The Labute approximate surface area is 156 Å². The van der Waals surface area contributed by atoms with Gasteiger partial charge >= 0.3 is 6.09 Å². The van der Waals surface area contributed by atoms with Crippen LogP contribution in [0.15, 0.2) is 18.2 Å². The molecular formula is C19H23FN2O3S. The Morgan fingerprint density at radius 3 is 2.85 bits per heavy atom. The molecule has 0 aliphatic carbocycles. The molecule has 0 bridgehead atoms. The van der Waals surface area contributed by atoms with Gasteiger partial charge in [-0.05, 0) is 58.2 Å². The standard InChI is InChI=1S/C19H23FN2O3S/c1-19(2,3)25-18(24)22-9-5-4-6-14(22)15(23)11-17-21-13-8-7-12(20)10-16(13)26-17/h7-8,10,14H,4-6,9,11H2,1-3H3/t14-/m0/s1. The summed E-state index contributed by atoms with van der Waals surface area (Å²) in [5.41, 5.74) is 0.0889. The van der Waals surface area contributed by atoms with Crippen molar-refractivity contribution in [2.75, 3.05) is 6.54 Å². The van der Waals surface area contributed by atoms with Crippen LogP contribution in [0.4, 0.5) is 9.18 Å². The first kappa shape index (κ1) is 18.8. The van der Waals surface area contributed by atoms with Crippen LogP contribution >= 0.6 is 11.3 Å². The number of fused-ring (bicyclic) bond motifs is 1. The maximum atomic E-state index is 13.3. The van der Waals surface area contributed by atoms with Crippen LogP contribution in [-0.2, 0) is 16.0 Å². The first-order chi connectivity index (χ1) is 12.2. The van der Waals surface area contributed by atoms with E-state index in [0.29, 0.717) is 23.5 Å². The van der Waals surface area contributed by atoms with Gasteiger partial charge in [-0.15, -0.1) is 11.3 Å². The second-order valence-corrected chi connectivity index (χ2v) is 8.66. The Hall–Kier alpha value is -2.02. The predicted molar refractivity (Wildman–Crippen MR) is 98.9 cm³/mol. The van der Waals surface area contributed by atoms with Gasteiger partial charge in [0.2, 0.25) is 0 Å². The highest BCUT2D eigenvalue weighted by molar-refractivity contribution is 7.18. The van der Waals surface area contributed by atoms with Crippen LogP contribution in [0.1, 0.15) is 45.0 Å². The second kappa shape index (κ2) is 7.31. The molecule has 140 valence electrons. The molecule has 0 N–H and O–H groups in total. The number of halogens is 1. The molecule has 3 rings (SSSR count). The Morgan fingerprint density at radius 1 is 1.35 bits per heavy atom. The maximum absolute atomic E-state index is 13.3. The number of piperidine rings is 1. The van der Waals surface area contributed by atoms with Gasteiger partial charge in [0.1, 0.15) is 16.4 Å². The van der Waals surface area contributed by atoms with Gasteiger partial charge in [-0.25, -0.2) is 14.2 Å². The molecule has 0 saturated carbocycles. The number of hydrogen-bond acceptors (Lipinski definition) is 5. The monoisotopic (exact) mass is 378 g/mol. The lowest BCUT2D eigenvalue weighted by Gasteiger charge is -2.35. The minimum atomic E-state index is -0.598. The fourth-order valence-electron chi connectivity index (χ4n) is 3.09. The number of rotatable bonds is 3. The van der Waals surface area contributed by atoms with Crippen molar-refractivity contribution >= 4 is 33.4 Å². The van der Waals surface area contributed by atoms with Crippen molar-refractivity contribution in [1.29, 1.82) is 0 Å². The lowest BCUT2D eigenvalue weighted by Crippen LogP contribution is -2.50. The highest BCUT2D eigenvalue weighted by atomic mass is 32.1. The average Bonchev–Trinajstić information content (AvgIpc) is 2.94. The number of ether oxygens (including phenoxy) is 1. The van der Waals surface area contributed by atoms with E-state index in [-0.39, 0.29) is 18.0 Å². The maximum Gasteiger partial charge on any atom is 0.410 e.